The zero-order chi connectivity index (χ0) is 25.4. The van der Waals surface area contributed by atoms with Crippen molar-refractivity contribution < 1.29 is 33.3 Å². The average Bonchev–Trinajstić information content (AvgIpc) is 2.90. The molecule has 0 spiro atoms. The van der Waals surface area contributed by atoms with Crippen molar-refractivity contribution in [1.29, 1.82) is 0 Å². The minimum absolute atomic E-state index is 0.0899. The van der Waals surface area contributed by atoms with E-state index in [0.29, 0.717) is 0 Å². The first kappa shape index (κ1) is 26.8. The molecule has 3 aliphatic rings. The zero-order valence-corrected chi connectivity index (χ0v) is 22.6. The van der Waals surface area contributed by atoms with Gasteiger partial charge in [0.05, 0.1) is 34.6 Å². The highest BCUT2D eigenvalue weighted by molar-refractivity contribution is 6.55. The lowest BCUT2D eigenvalue weighted by molar-refractivity contribution is -0.0416. The molecule has 0 unspecified atom stereocenters. The van der Waals surface area contributed by atoms with Gasteiger partial charge in [0.15, 0.2) is 0 Å². The van der Waals surface area contributed by atoms with Crippen molar-refractivity contribution in [2.75, 3.05) is 13.1 Å². The summed E-state index contributed by atoms with van der Waals surface area (Å²) < 4.78 is 31.2. The third-order valence-electron chi connectivity index (χ3n) is 7.96. The Balaban J connectivity index is 1.98. The molecule has 3 rings (SSSR count). The van der Waals surface area contributed by atoms with Gasteiger partial charge in [0, 0.05) is 18.2 Å². The lowest BCUT2D eigenvalue weighted by atomic mass is 9.46. The summed E-state index contributed by atoms with van der Waals surface area (Å²) >= 11 is 0. The Kier molecular flexibility index (Phi) is 6.38. The molecule has 3 heterocycles. The monoisotopic (exact) mass is 467 g/mol. The second-order valence-electron chi connectivity index (χ2n) is 13.2. The lowest BCUT2D eigenvalue weighted by Crippen LogP contribution is -2.61. The fraction of sp³-hybridized carbons (Fsp3) is 0.957. The minimum atomic E-state index is -1.33. The smallest absolute Gasteiger partial charge is 0.444 e. The molecule has 0 saturated carbocycles. The third-order valence-corrected chi connectivity index (χ3v) is 7.96. The van der Waals surface area contributed by atoms with Crippen molar-refractivity contribution in [1.82, 2.24) is 4.90 Å². The highest BCUT2D eigenvalue weighted by Gasteiger charge is 2.66. The first-order chi connectivity index (χ1) is 14.6. The molecule has 0 radical (unpaired) electrons. The molecule has 1 amide bonds. The molecule has 3 atom stereocenters. The second kappa shape index (κ2) is 7.85. The lowest BCUT2D eigenvalue weighted by Gasteiger charge is -2.48. The molecule has 188 valence electrons. The highest BCUT2D eigenvalue weighted by Crippen LogP contribution is 2.53. The topological polar surface area (TPSA) is 86.7 Å². The predicted octanol–water partition coefficient (Wildman–Crippen LogP) is 3.91. The summed E-state index contributed by atoms with van der Waals surface area (Å²) in [5.74, 6) is -0.899. The molecule has 33 heavy (non-hydrogen) atoms. The molecule has 1 N–H and O–H groups in total. The summed E-state index contributed by atoms with van der Waals surface area (Å²) in [7, 11) is -1.34. The normalized spacial score (nSPS) is 35.1. The van der Waals surface area contributed by atoms with Crippen molar-refractivity contribution in [3.05, 3.63) is 0 Å². The Labute approximate surface area is 200 Å². The van der Waals surface area contributed by atoms with E-state index in [1.54, 1.807) is 11.8 Å². The summed E-state index contributed by atoms with van der Waals surface area (Å²) in [6.45, 7) is 23.5. The highest BCUT2D eigenvalue weighted by atomic mass is 16.7. The maximum Gasteiger partial charge on any atom is 0.464 e. The number of rotatable bonds is 2. The van der Waals surface area contributed by atoms with Gasteiger partial charge >= 0.3 is 20.3 Å². The summed E-state index contributed by atoms with van der Waals surface area (Å²) in [5, 5.41) is 11.7. The van der Waals surface area contributed by atoms with Gasteiger partial charge < -0.3 is 33.4 Å². The summed E-state index contributed by atoms with van der Waals surface area (Å²) in [6, 6.07) is 0. The van der Waals surface area contributed by atoms with Gasteiger partial charge in [0.1, 0.15) is 5.60 Å². The van der Waals surface area contributed by atoms with Crippen molar-refractivity contribution in [3.8, 4) is 0 Å². The van der Waals surface area contributed by atoms with Crippen LogP contribution in [0.1, 0.15) is 83.1 Å². The van der Waals surface area contributed by atoms with Crippen LogP contribution in [0.25, 0.3) is 0 Å². The molecule has 0 aliphatic carbocycles. The van der Waals surface area contributed by atoms with Gasteiger partial charge in [-0.25, -0.2) is 4.79 Å². The van der Waals surface area contributed by atoms with Gasteiger partial charge in [-0.3, -0.25) is 0 Å². The van der Waals surface area contributed by atoms with Crippen molar-refractivity contribution >= 4 is 20.3 Å². The summed E-state index contributed by atoms with van der Waals surface area (Å²) in [5.41, 5.74) is -4.21. The van der Waals surface area contributed by atoms with Crippen molar-refractivity contribution in [3.63, 3.8) is 0 Å². The fourth-order valence-electron chi connectivity index (χ4n) is 4.70. The minimum Gasteiger partial charge on any atom is -0.444 e. The molecule has 10 heteroatoms. The van der Waals surface area contributed by atoms with Gasteiger partial charge in [0.25, 0.3) is 0 Å². The maximum absolute atomic E-state index is 13.0. The number of amides is 1. The van der Waals surface area contributed by atoms with Crippen LogP contribution in [0.4, 0.5) is 4.79 Å². The standard InChI is InChI=1S/C23H43B2NO7/c1-18(2,3)29-17(27)26-13-15(24-30-19(4,5)20(6,7)31-24)16(23(12,28)14-26)25-32-21(8,9)22(10,11)33-25/h15-16,28H,13-14H2,1-12H3/t15-,16+,23+/m1/s1. The quantitative estimate of drug-likeness (QED) is 0.617. The Morgan fingerprint density at radius 3 is 1.64 bits per heavy atom. The van der Waals surface area contributed by atoms with Gasteiger partial charge in [0.2, 0.25) is 0 Å². The van der Waals surface area contributed by atoms with Crippen molar-refractivity contribution in [2.24, 2.45) is 0 Å². The molecule has 3 saturated heterocycles. The molecule has 0 aromatic heterocycles. The number of hydrogen-bond acceptors (Lipinski definition) is 7. The largest absolute Gasteiger partial charge is 0.464 e. The number of nitrogens with zero attached hydrogens (tertiary/aromatic N) is 1. The maximum atomic E-state index is 13.0. The SMILES string of the molecule is CC(C)(C)OC(=O)N1C[C@@H](B2OC(C)(C)C(C)(C)O2)[C@H](B2OC(C)(C)C(C)(C)O2)[C@@](C)(O)C1. The van der Waals surface area contributed by atoms with Crippen molar-refractivity contribution in [2.45, 2.75) is 128 Å². The first-order valence-corrected chi connectivity index (χ1v) is 12.0. The number of β-amino-alcohol motifs (C(OH)–C–C–N with tert-alkyl or cyclic N) is 1. The van der Waals surface area contributed by atoms with E-state index < -0.39 is 65.6 Å². The van der Waals surface area contributed by atoms with E-state index in [9.17, 15) is 9.90 Å². The number of carbonyl (C=O) groups excluding carboxylic acids is 1. The van der Waals surface area contributed by atoms with Crippen LogP contribution >= 0.6 is 0 Å². The number of likely N-dealkylation sites (tertiary alicyclic amines) is 1. The van der Waals surface area contributed by atoms with Gasteiger partial charge in [-0.1, -0.05) is 0 Å². The van der Waals surface area contributed by atoms with E-state index >= 15 is 0 Å². The van der Waals surface area contributed by atoms with Crippen LogP contribution in [0.5, 0.6) is 0 Å². The van der Waals surface area contributed by atoms with Crippen LogP contribution in [0.3, 0.4) is 0 Å². The second-order valence-corrected chi connectivity index (χ2v) is 13.2. The Morgan fingerprint density at radius 1 is 0.848 bits per heavy atom. The molecular formula is C23H43B2NO7. The molecule has 3 fully saturated rings. The Bertz CT molecular complexity index is 743. The fourth-order valence-corrected chi connectivity index (χ4v) is 4.70. The Hall–Kier alpha value is -0.800. The van der Waals surface area contributed by atoms with Crippen LogP contribution in [0.2, 0.25) is 11.6 Å². The summed E-state index contributed by atoms with van der Waals surface area (Å²) in [4.78, 5) is 14.5. The van der Waals surface area contributed by atoms with Gasteiger partial charge in [-0.15, -0.1) is 0 Å². The van der Waals surface area contributed by atoms with E-state index in [2.05, 4.69) is 0 Å². The predicted molar refractivity (Wildman–Crippen MR) is 128 cm³/mol. The molecule has 0 aromatic rings. The summed E-state index contributed by atoms with van der Waals surface area (Å²) in [6.07, 6.45) is -0.475. The van der Waals surface area contributed by atoms with E-state index in [4.69, 9.17) is 23.4 Å². The van der Waals surface area contributed by atoms with Crippen LogP contribution in [-0.4, -0.2) is 77.0 Å². The number of ether oxygens (including phenoxy) is 1. The van der Waals surface area contributed by atoms with Crippen LogP contribution in [0.15, 0.2) is 0 Å². The number of aliphatic hydroxyl groups is 1. The average molecular weight is 467 g/mol. The van der Waals surface area contributed by atoms with Crippen LogP contribution in [-0.2, 0) is 23.4 Å². The molecule has 3 aliphatic heterocycles. The molecule has 8 nitrogen and oxygen atoms in total. The third kappa shape index (κ3) is 4.96. The van der Waals surface area contributed by atoms with Gasteiger partial charge in [-0.05, 0) is 83.1 Å². The zero-order valence-electron chi connectivity index (χ0n) is 22.6. The van der Waals surface area contributed by atoms with Crippen LogP contribution < -0.4 is 0 Å². The van der Waals surface area contributed by atoms with Gasteiger partial charge in [-0.2, -0.15) is 0 Å². The number of piperidine rings is 1. The first-order valence-electron chi connectivity index (χ1n) is 12.0. The van der Waals surface area contributed by atoms with E-state index in [0.717, 1.165) is 0 Å². The molecular weight excluding hydrogens is 424 g/mol. The van der Waals surface area contributed by atoms with E-state index in [-0.39, 0.29) is 13.1 Å². The number of carbonyl (C=O) groups is 1. The Morgan fingerprint density at radius 2 is 1.24 bits per heavy atom. The van der Waals surface area contributed by atoms with E-state index in [1.165, 1.54) is 0 Å². The van der Waals surface area contributed by atoms with Crippen LogP contribution in [0, 0.1) is 0 Å². The molecule has 0 aromatic carbocycles. The molecule has 0 bridgehead atoms. The number of hydrogen-bond donors (Lipinski definition) is 1. The van der Waals surface area contributed by atoms with E-state index in [1.807, 2.05) is 76.2 Å².